The lowest BCUT2D eigenvalue weighted by Crippen LogP contribution is -2.27. The van der Waals surface area contributed by atoms with Crippen molar-refractivity contribution in [3.63, 3.8) is 0 Å². The fourth-order valence-electron chi connectivity index (χ4n) is 1.74. The van der Waals surface area contributed by atoms with Crippen LogP contribution >= 0.6 is 0 Å². The molecular weight excluding hydrogens is 256 g/mol. The number of hydrogen-bond acceptors (Lipinski definition) is 4. The van der Waals surface area contributed by atoms with Crippen LogP contribution in [0.15, 0.2) is 30.5 Å². The lowest BCUT2D eigenvalue weighted by atomic mass is 10.2. The lowest BCUT2D eigenvalue weighted by molar-refractivity contribution is -0.121. The number of rotatable bonds is 6. The molecule has 6 nitrogen and oxygen atoms in total. The second-order valence-electron chi connectivity index (χ2n) is 4.47. The van der Waals surface area contributed by atoms with E-state index in [2.05, 4.69) is 15.6 Å². The highest BCUT2D eigenvalue weighted by Gasteiger charge is 2.05. The summed E-state index contributed by atoms with van der Waals surface area (Å²) in [6.07, 6.45) is 1.71. The van der Waals surface area contributed by atoms with Crippen LogP contribution in [0.4, 0.5) is 0 Å². The maximum atomic E-state index is 11.4. The molecule has 0 saturated heterocycles. The van der Waals surface area contributed by atoms with Gasteiger partial charge in [-0.05, 0) is 31.5 Å². The molecule has 0 bridgehead atoms. The Morgan fingerprint density at radius 2 is 2.30 bits per heavy atom. The molecule has 1 heterocycles. The summed E-state index contributed by atoms with van der Waals surface area (Å²) in [7, 11) is 0. The first kappa shape index (κ1) is 14.0. The molecule has 2 aromatic rings. The van der Waals surface area contributed by atoms with Gasteiger partial charge in [0, 0.05) is 6.54 Å². The fourth-order valence-corrected chi connectivity index (χ4v) is 1.74. The first-order valence-electron chi connectivity index (χ1n) is 6.52. The van der Waals surface area contributed by atoms with Crippen molar-refractivity contribution < 1.29 is 9.53 Å². The third-order valence-electron chi connectivity index (χ3n) is 2.64. The van der Waals surface area contributed by atoms with Crippen molar-refractivity contribution in [1.82, 2.24) is 20.3 Å². The Bertz CT molecular complexity index is 580. The molecular formula is C14H18N4O2. The topological polar surface area (TPSA) is 69.0 Å². The predicted octanol–water partition coefficient (Wildman–Crippen LogP) is 1.30. The molecule has 0 fully saturated rings. The highest BCUT2D eigenvalue weighted by Crippen LogP contribution is 2.13. The Labute approximate surface area is 117 Å². The molecule has 0 saturated carbocycles. The van der Waals surface area contributed by atoms with Crippen LogP contribution < -0.4 is 10.1 Å². The molecule has 20 heavy (non-hydrogen) atoms. The van der Waals surface area contributed by atoms with E-state index in [0.29, 0.717) is 18.8 Å². The summed E-state index contributed by atoms with van der Waals surface area (Å²) < 4.78 is 7.12. The minimum absolute atomic E-state index is 0.0800. The number of nitrogens with zero attached hydrogens (tertiary/aromatic N) is 3. The van der Waals surface area contributed by atoms with Crippen molar-refractivity contribution in [3.05, 3.63) is 41.7 Å². The van der Waals surface area contributed by atoms with Crippen LogP contribution in [0.2, 0.25) is 0 Å². The summed E-state index contributed by atoms with van der Waals surface area (Å²) >= 11 is 0. The maximum absolute atomic E-state index is 11.4. The van der Waals surface area contributed by atoms with Gasteiger partial charge in [-0.2, -0.15) is 0 Å². The van der Waals surface area contributed by atoms with Crippen LogP contribution in [0, 0.1) is 6.92 Å². The smallest absolute Gasteiger partial charge is 0.241 e. The molecule has 0 aliphatic carbocycles. The first-order valence-corrected chi connectivity index (χ1v) is 6.52. The Hall–Kier alpha value is -2.37. The number of hydrogen-bond donors (Lipinski definition) is 1. The monoisotopic (exact) mass is 274 g/mol. The van der Waals surface area contributed by atoms with Crippen molar-refractivity contribution in [2.24, 2.45) is 0 Å². The lowest BCUT2D eigenvalue weighted by Gasteiger charge is -2.04. The van der Waals surface area contributed by atoms with Gasteiger partial charge in [-0.3, -0.25) is 4.79 Å². The zero-order chi connectivity index (χ0) is 14.4. The van der Waals surface area contributed by atoms with Gasteiger partial charge in [-0.25, -0.2) is 4.68 Å². The summed E-state index contributed by atoms with van der Waals surface area (Å²) in [5, 5.41) is 10.6. The van der Waals surface area contributed by atoms with E-state index in [9.17, 15) is 4.79 Å². The number of carbonyl (C=O) groups excluding carboxylic acids is 1. The van der Waals surface area contributed by atoms with E-state index in [4.69, 9.17) is 4.74 Å². The average molecular weight is 274 g/mol. The molecule has 0 aliphatic rings. The summed E-state index contributed by atoms with van der Waals surface area (Å²) in [6.45, 7) is 5.00. The molecule has 1 aromatic carbocycles. The van der Waals surface area contributed by atoms with E-state index in [1.54, 1.807) is 6.20 Å². The Morgan fingerprint density at radius 3 is 3.05 bits per heavy atom. The van der Waals surface area contributed by atoms with Crippen LogP contribution in [0.5, 0.6) is 5.75 Å². The van der Waals surface area contributed by atoms with E-state index in [1.807, 2.05) is 38.1 Å². The predicted molar refractivity (Wildman–Crippen MR) is 74.2 cm³/mol. The Morgan fingerprint density at radius 1 is 1.45 bits per heavy atom. The highest BCUT2D eigenvalue weighted by atomic mass is 16.5. The molecule has 0 aliphatic heterocycles. The molecule has 1 N–H and O–H groups in total. The van der Waals surface area contributed by atoms with Crippen molar-refractivity contribution in [1.29, 1.82) is 0 Å². The van der Waals surface area contributed by atoms with Gasteiger partial charge in [-0.15, -0.1) is 5.10 Å². The van der Waals surface area contributed by atoms with Gasteiger partial charge < -0.3 is 10.1 Å². The molecule has 0 unspecified atom stereocenters. The standard InChI is InChI=1S/C14H18N4O2/c1-3-15-14(19)9-18-8-12(16-17-18)10-20-13-6-4-5-11(2)7-13/h4-8H,3,9-10H2,1-2H3,(H,15,19). The molecule has 0 radical (unpaired) electrons. The zero-order valence-corrected chi connectivity index (χ0v) is 11.7. The van der Waals surface area contributed by atoms with E-state index >= 15 is 0 Å². The minimum atomic E-state index is -0.0800. The quantitative estimate of drug-likeness (QED) is 0.862. The first-order chi connectivity index (χ1) is 9.67. The largest absolute Gasteiger partial charge is 0.487 e. The number of ether oxygens (including phenoxy) is 1. The van der Waals surface area contributed by atoms with Crippen molar-refractivity contribution in [2.75, 3.05) is 6.54 Å². The SMILES string of the molecule is CCNC(=O)Cn1cc(COc2cccc(C)c2)nn1. The van der Waals surface area contributed by atoms with Gasteiger partial charge in [0.25, 0.3) is 0 Å². The van der Waals surface area contributed by atoms with Gasteiger partial charge in [-0.1, -0.05) is 17.3 Å². The van der Waals surface area contributed by atoms with Crippen LogP contribution in [0.1, 0.15) is 18.2 Å². The van der Waals surface area contributed by atoms with Gasteiger partial charge in [0.1, 0.15) is 24.6 Å². The summed E-state index contributed by atoms with van der Waals surface area (Å²) in [5.74, 6) is 0.715. The Kier molecular flexibility index (Phi) is 4.70. The van der Waals surface area contributed by atoms with E-state index in [-0.39, 0.29) is 12.5 Å². The second-order valence-corrected chi connectivity index (χ2v) is 4.47. The van der Waals surface area contributed by atoms with Gasteiger partial charge in [0.05, 0.1) is 6.20 Å². The van der Waals surface area contributed by atoms with Gasteiger partial charge >= 0.3 is 0 Å². The third-order valence-corrected chi connectivity index (χ3v) is 2.64. The summed E-state index contributed by atoms with van der Waals surface area (Å²) in [6, 6.07) is 7.80. The average Bonchev–Trinajstić information content (AvgIpc) is 2.84. The minimum Gasteiger partial charge on any atom is -0.487 e. The van der Waals surface area contributed by atoms with Gasteiger partial charge in [0.15, 0.2) is 0 Å². The summed E-state index contributed by atoms with van der Waals surface area (Å²) in [4.78, 5) is 11.4. The molecule has 1 aromatic heterocycles. The fraction of sp³-hybridized carbons (Fsp3) is 0.357. The number of aryl methyl sites for hydroxylation is 1. The number of nitrogens with one attached hydrogen (secondary N) is 1. The zero-order valence-electron chi connectivity index (χ0n) is 11.7. The highest BCUT2D eigenvalue weighted by molar-refractivity contribution is 5.75. The van der Waals surface area contributed by atoms with Crippen LogP contribution in [-0.2, 0) is 17.9 Å². The Balaban J connectivity index is 1.88. The second kappa shape index (κ2) is 6.70. The molecule has 2 rings (SSSR count). The summed E-state index contributed by atoms with van der Waals surface area (Å²) in [5.41, 5.74) is 1.83. The number of benzene rings is 1. The number of amides is 1. The molecule has 1 amide bonds. The van der Waals surface area contributed by atoms with Crippen molar-refractivity contribution in [2.45, 2.75) is 27.0 Å². The van der Waals surface area contributed by atoms with Crippen molar-refractivity contribution in [3.8, 4) is 5.75 Å². The van der Waals surface area contributed by atoms with E-state index in [1.165, 1.54) is 4.68 Å². The van der Waals surface area contributed by atoms with Crippen LogP contribution in [0.25, 0.3) is 0 Å². The molecule has 6 heteroatoms. The van der Waals surface area contributed by atoms with Crippen LogP contribution in [-0.4, -0.2) is 27.4 Å². The van der Waals surface area contributed by atoms with Crippen molar-refractivity contribution >= 4 is 5.91 Å². The maximum Gasteiger partial charge on any atom is 0.241 e. The van der Waals surface area contributed by atoms with Gasteiger partial charge in [0.2, 0.25) is 5.91 Å². The number of carbonyl (C=O) groups is 1. The van der Waals surface area contributed by atoms with E-state index < -0.39 is 0 Å². The molecule has 0 atom stereocenters. The van der Waals surface area contributed by atoms with Crippen LogP contribution in [0.3, 0.4) is 0 Å². The third kappa shape index (κ3) is 4.08. The number of aromatic nitrogens is 3. The number of likely N-dealkylation sites (N-methyl/N-ethyl adjacent to an activating group) is 1. The normalized spacial score (nSPS) is 10.3. The molecule has 0 spiro atoms. The van der Waals surface area contributed by atoms with E-state index in [0.717, 1.165) is 11.3 Å². The molecule has 106 valence electrons.